The number of hydrogen-bond acceptors (Lipinski definition) is 4. The van der Waals surface area contributed by atoms with Gasteiger partial charge in [-0.3, -0.25) is 4.98 Å². The Hall–Kier alpha value is -1.52. The van der Waals surface area contributed by atoms with Crippen molar-refractivity contribution in [1.29, 1.82) is 0 Å². The fourth-order valence-corrected chi connectivity index (χ4v) is 1.67. The number of hydrogen-bond donors (Lipinski definition) is 1. The lowest BCUT2D eigenvalue weighted by Crippen LogP contribution is -2.35. The Morgan fingerprint density at radius 3 is 2.67 bits per heavy atom. The van der Waals surface area contributed by atoms with Crippen LogP contribution in [0.5, 0.6) is 0 Å². The van der Waals surface area contributed by atoms with E-state index >= 15 is 0 Å². The molecular formula is C14H20N4. The van der Waals surface area contributed by atoms with Crippen LogP contribution in [0.2, 0.25) is 0 Å². The number of fused-ring (bicyclic) bond motifs is 1. The van der Waals surface area contributed by atoms with Crippen LogP contribution in [0.25, 0.3) is 11.0 Å². The second-order valence-electron chi connectivity index (χ2n) is 4.79. The summed E-state index contributed by atoms with van der Waals surface area (Å²) < 4.78 is 0. The SMILES string of the molecule is CC(CNCc1cnc2ccccc2n1)N(C)C. The van der Waals surface area contributed by atoms with Gasteiger partial charge >= 0.3 is 0 Å². The van der Waals surface area contributed by atoms with Crippen LogP contribution in [-0.4, -0.2) is 41.5 Å². The van der Waals surface area contributed by atoms with Crippen molar-refractivity contribution in [3.05, 3.63) is 36.2 Å². The highest BCUT2D eigenvalue weighted by Crippen LogP contribution is 2.08. The van der Waals surface area contributed by atoms with Crippen LogP contribution in [0.3, 0.4) is 0 Å². The summed E-state index contributed by atoms with van der Waals surface area (Å²) in [6, 6.07) is 8.45. The largest absolute Gasteiger partial charge is 0.310 e. The molecule has 0 spiro atoms. The number of likely N-dealkylation sites (N-methyl/N-ethyl adjacent to an activating group) is 1. The zero-order valence-electron chi connectivity index (χ0n) is 11.2. The summed E-state index contributed by atoms with van der Waals surface area (Å²) in [5, 5.41) is 3.40. The van der Waals surface area contributed by atoms with E-state index in [4.69, 9.17) is 0 Å². The van der Waals surface area contributed by atoms with Crippen LogP contribution in [0.1, 0.15) is 12.6 Å². The molecule has 1 aromatic carbocycles. The maximum Gasteiger partial charge on any atom is 0.0890 e. The van der Waals surface area contributed by atoms with E-state index in [1.54, 1.807) is 0 Å². The smallest absolute Gasteiger partial charge is 0.0890 e. The number of aromatic nitrogens is 2. The topological polar surface area (TPSA) is 41.1 Å². The van der Waals surface area contributed by atoms with Gasteiger partial charge in [-0.15, -0.1) is 0 Å². The molecule has 1 atom stereocenters. The van der Waals surface area contributed by atoms with E-state index < -0.39 is 0 Å². The van der Waals surface area contributed by atoms with Gasteiger partial charge in [-0.05, 0) is 33.2 Å². The van der Waals surface area contributed by atoms with Gasteiger partial charge in [0.2, 0.25) is 0 Å². The second kappa shape index (κ2) is 5.89. The third-order valence-electron chi connectivity index (χ3n) is 3.13. The zero-order chi connectivity index (χ0) is 13.0. The highest BCUT2D eigenvalue weighted by Gasteiger charge is 2.04. The molecular weight excluding hydrogens is 224 g/mol. The molecule has 0 aliphatic heterocycles. The molecule has 1 aromatic heterocycles. The third kappa shape index (κ3) is 3.24. The molecule has 4 nitrogen and oxygen atoms in total. The van der Waals surface area contributed by atoms with Gasteiger partial charge in [0.1, 0.15) is 0 Å². The number of para-hydroxylation sites is 2. The zero-order valence-corrected chi connectivity index (χ0v) is 11.2. The first kappa shape index (κ1) is 12.9. The van der Waals surface area contributed by atoms with E-state index in [1.807, 2.05) is 30.5 Å². The molecule has 96 valence electrons. The fourth-order valence-electron chi connectivity index (χ4n) is 1.67. The van der Waals surface area contributed by atoms with Crippen LogP contribution in [0.4, 0.5) is 0 Å². The second-order valence-corrected chi connectivity index (χ2v) is 4.79. The lowest BCUT2D eigenvalue weighted by atomic mass is 10.3. The van der Waals surface area contributed by atoms with E-state index in [1.165, 1.54) is 0 Å². The van der Waals surface area contributed by atoms with Gasteiger partial charge in [0, 0.05) is 19.1 Å². The van der Waals surface area contributed by atoms with Gasteiger partial charge in [0.25, 0.3) is 0 Å². The number of nitrogens with zero attached hydrogens (tertiary/aromatic N) is 3. The lowest BCUT2D eigenvalue weighted by molar-refractivity contribution is 0.302. The van der Waals surface area contributed by atoms with E-state index in [9.17, 15) is 0 Å². The molecule has 0 bridgehead atoms. The Labute approximate surface area is 108 Å². The molecule has 0 fully saturated rings. The van der Waals surface area contributed by atoms with Crippen LogP contribution in [0, 0.1) is 0 Å². The molecule has 0 saturated carbocycles. The van der Waals surface area contributed by atoms with Crippen LogP contribution in [-0.2, 0) is 6.54 Å². The summed E-state index contributed by atoms with van der Waals surface area (Å²) in [7, 11) is 4.17. The lowest BCUT2D eigenvalue weighted by Gasteiger charge is -2.19. The molecule has 18 heavy (non-hydrogen) atoms. The van der Waals surface area contributed by atoms with Gasteiger partial charge in [-0.1, -0.05) is 12.1 Å². The molecule has 1 unspecified atom stereocenters. The van der Waals surface area contributed by atoms with Crippen molar-refractivity contribution < 1.29 is 0 Å². The van der Waals surface area contributed by atoms with Crippen molar-refractivity contribution in [3.63, 3.8) is 0 Å². The Balaban J connectivity index is 1.96. The van der Waals surface area contributed by atoms with Crippen molar-refractivity contribution in [2.45, 2.75) is 19.5 Å². The van der Waals surface area contributed by atoms with Crippen molar-refractivity contribution >= 4 is 11.0 Å². The minimum Gasteiger partial charge on any atom is -0.310 e. The van der Waals surface area contributed by atoms with E-state index in [0.717, 1.165) is 29.8 Å². The predicted octanol–water partition coefficient (Wildman–Crippen LogP) is 1.67. The van der Waals surface area contributed by atoms with Crippen molar-refractivity contribution in [1.82, 2.24) is 20.2 Å². The van der Waals surface area contributed by atoms with Gasteiger partial charge in [0.05, 0.1) is 22.9 Å². The van der Waals surface area contributed by atoms with Crippen molar-refractivity contribution in [2.75, 3.05) is 20.6 Å². The van der Waals surface area contributed by atoms with Crippen LogP contribution >= 0.6 is 0 Å². The summed E-state index contributed by atoms with van der Waals surface area (Å²) in [6.45, 7) is 3.90. The summed E-state index contributed by atoms with van der Waals surface area (Å²) >= 11 is 0. The van der Waals surface area contributed by atoms with E-state index in [0.29, 0.717) is 6.04 Å². The Morgan fingerprint density at radius 1 is 1.22 bits per heavy atom. The number of nitrogens with one attached hydrogen (secondary N) is 1. The maximum atomic E-state index is 4.58. The molecule has 2 rings (SSSR count). The van der Waals surface area contributed by atoms with Crippen molar-refractivity contribution in [2.24, 2.45) is 0 Å². The first-order valence-corrected chi connectivity index (χ1v) is 6.24. The van der Waals surface area contributed by atoms with Gasteiger partial charge in [0.15, 0.2) is 0 Å². The molecule has 4 heteroatoms. The Bertz CT molecular complexity index is 510. The first-order valence-electron chi connectivity index (χ1n) is 6.24. The van der Waals surface area contributed by atoms with E-state index in [2.05, 4.69) is 41.2 Å². The average molecular weight is 244 g/mol. The minimum absolute atomic E-state index is 0.512. The Kier molecular flexibility index (Phi) is 4.23. The summed E-state index contributed by atoms with van der Waals surface area (Å²) in [5.41, 5.74) is 2.89. The standard InChI is InChI=1S/C14H20N4/c1-11(18(2)3)8-15-9-12-10-16-13-6-4-5-7-14(13)17-12/h4-7,10-11,15H,8-9H2,1-3H3. The predicted molar refractivity (Wildman–Crippen MR) is 74.4 cm³/mol. The molecule has 2 aromatic rings. The fraction of sp³-hybridized carbons (Fsp3) is 0.429. The third-order valence-corrected chi connectivity index (χ3v) is 3.13. The molecule has 0 saturated heterocycles. The Morgan fingerprint density at radius 2 is 1.94 bits per heavy atom. The normalized spacial score (nSPS) is 13.1. The summed E-state index contributed by atoms with van der Waals surface area (Å²) in [5.74, 6) is 0. The maximum absolute atomic E-state index is 4.58. The molecule has 0 aliphatic carbocycles. The van der Waals surface area contributed by atoms with Crippen LogP contribution in [0.15, 0.2) is 30.5 Å². The average Bonchev–Trinajstić information content (AvgIpc) is 2.38. The minimum atomic E-state index is 0.512. The molecule has 0 aliphatic rings. The molecule has 0 radical (unpaired) electrons. The van der Waals surface area contributed by atoms with Gasteiger partial charge in [-0.2, -0.15) is 0 Å². The molecule has 1 N–H and O–H groups in total. The number of rotatable bonds is 5. The van der Waals surface area contributed by atoms with Gasteiger partial charge in [-0.25, -0.2) is 4.98 Å². The summed E-state index contributed by atoms with van der Waals surface area (Å²) in [6.07, 6.45) is 1.84. The quantitative estimate of drug-likeness (QED) is 0.868. The highest BCUT2D eigenvalue weighted by atomic mass is 15.1. The highest BCUT2D eigenvalue weighted by molar-refractivity contribution is 5.73. The molecule has 1 heterocycles. The summed E-state index contributed by atoms with van der Waals surface area (Å²) in [4.78, 5) is 11.2. The first-order chi connectivity index (χ1) is 8.66. The number of benzene rings is 1. The van der Waals surface area contributed by atoms with E-state index in [-0.39, 0.29) is 0 Å². The monoisotopic (exact) mass is 244 g/mol. The van der Waals surface area contributed by atoms with Crippen LogP contribution < -0.4 is 5.32 Å². The molecule has 0 amide bonds. The van der Waals surface area contributed by atoms with Gasteiger partial charge < -0.3 is 10.2 Å². The van der Waals surface area contributed by atoms with Crippen molar-refractivity contribution in [3.8, 4) is 0 Å².